The molecule has 1 aliphatic rings. The standard InChI is InChI=1S/C27H26ClFN4O2.CH3.Cs/c1-18-12-20(14-26(30-18)32-8-4-5-9-32)23-16-21(29)15-22(27(23)35)19-6-7-25(24(28)13-19)33(17-34)11-10-31(2)3;;/h6-7,12-17,35H,4-5,8-9H2,1-3H3;1H3;/q;-1;+1. The molecule has 0 aliphatic carbocycles. The Morgan fingerprint density at radius 2 is 1.70 bits per heavy atom. The minimum Gasteiger partial charge on any atom is -0.507 e. The van der Waals surface area contributed by atoms with Gasteiger partial charge >= 0.3 is 68.9 Å². The number of pyridine rings is 1. The van der Waals surface area contributed by atoms with Crippen LogP contribution < -0.4 is 78.7 Å². The number of anilines is 2. The summed E-state index contributed by atoms with van der Waals surface area (Å²) in [4.78, 5) is 21.1. The first kappa shape index (κ1) is 31.5. The number of amides is 1. The third-order valence-electron chi connectivity index (χ3n) is 5.77. The van der Waals surface area contributed by atoms with Crippen LogP contribution in [0.1, 0.15) is 18.5 Å². The van der Waals surface area contributed by atoms with Gasteiger partial charge in [0, 0.05) is 56.1 Å². The molecule has 1 saturated heterocycles. The summed E-state index contributed by atoms with van der Waals surface area (Å²) in [5.41, 5.74) is 3.03. The number of carbonyl (C=O) groups is 1. The molecule has 1 fully saturated rings. The molecule has 3 aromatic rings. The molecule has 2 heterocycles. The molecule has 1 N–H and O–H groups in total. The second-order valence-electron chi connectivity index (χ2n) is 8.66. The summed E-state index contributed by atoms with van der Waals surface area (Å²) < 4.78 is 14.8. The van der Waals surface area contributed by atoms with E-state index in [1.807, 2.05) is 19.1 Å². The number of carbonyl (C=O) groups excluding carboxylic acids is 1. The van der Waals surface area contributed by atoms with Gasteiger partial charge < -0.3 is 22.3 Å². The summed E-state index contributed by atoms with van der Waals surface area (Å²) in [5, 5.41) is 11.4. The molecule has 0 radical (unpaired) electrons. The van der Waals surface area contributed by atoms with Gasteiger partial charge in [0.2, 0.25) is 6.41 Å². The fourth-order valence-corrected chi connectivity index (χ4v) is 4.39. The number of hydrogen-bond acceptors (Lipinski definition) is 5. The molecule has 6 nitrogen and oxygen atoms in total. The second-order valence-corrected chi connectivity index (χ2v) is 9.07. The second kappa shape index (κ2) is 13.9. The van der Waals surface area contributed by atoms with Crippen molar-refractivity contribution in [3.05, 3.63) is 66.4 Å². The Bertz CT molecular complexity index is 1330. The van der Waals surface area contributed by atoms with E-state index in [0.29, 0.717) is 34.4 Å². The molecule has 1 aromatic heterocycles. The van der Waals surface area contributed by atoms with Crippen LogP contribution >= 0.6 is 11.6 Å². The van der Waals surface area contributed by atoms with Gasteiger partial charge in [0.15, 0.2) is 0 Å². The van der Waals surface area contributed by atoms with Crippen molar-refractivity contribution < 1.29 is 83.2 Å². The third kappa shape index (κ3) is 7.45. The summed E-state index contributed by atoms with van der Waals surface area (Å²) in [6.45, 7) is 3.74. The molecule has 0 bridgehead atoms. The third-order valence-corrected chi connectivity index (χ3v) is 6.08. The van der Waals surface area contributed by atoms with E-state index in [2.05, 4.69) is 22.0 Å². The number of nitrogens with zero attached hydrogens (tertiary/aromatic N) is 4. The van der Waals surface area contributed by atoms with Crippen molar-refractivity contribution in [2.45, 2.75) is 19.8 Å². The van der Waals surface area contributed by atoms with Crippen LogP contribution in [0, 0.1) is 32.3 Å². The van der Waals surface area contributed by atoms with E-state index in [1.54, 1.807) is 37.2 Å². The number of phenolic OH excluding ortho intramolecular Hbond substituents is 1. The normalized spacial score (nSPS) is 12.1. The van der Waals surface area contributed by atoms with Crippen molar-refractivity contribution in [3.8, 4) is 40.1 Å². The Labute approximate surface area is 282 Å². The predicted octanol–water partition coefficient (Wildman–Crippen LogP) is 2.72. The Morgan fingerprint density at radius 1 is 1.05 bits per heavy atom. The van der Waals surface area contributed by atoms with E-state index in [1.165, 1.54) is 17.0 Å². The van der Waals surface area contributed by atoms with Crippen molar-refractivity contribution in [1.82, 2.24) is 9.88 Å². The van der Waals surface area contributed by atoms with Gasteiger partial charge in [-0.2, -0.15) is 0 Å². The van der Waals surface area contributed by atoms with Crippen molar-refractivity contribution in [1.29, 1.82) is 0 Å². The first-order valence-electron chi connectivity index (χ1n) is 11.3. The van der Waals surface area contributed by atoms with Gasteiger partial charge in [0.25, 0.3) is 0 Å². The molecular weight excluding hydrogens is 612 g/mol. The SMILES string of the molecule is Cc1cc(-c2cc(F)cc(-c3ccc(N(C#CN(C)C)C=O)c(Cl)c3)c2O)cc(N2CCCC2)n1.[CH3-].[Cs+]. The molecule has 0 spiro atoms. The number of halogens is 2. The van der Waals surface area contributed by atoms with E-state index in [4.69, 9.17) is 11.6 Å². The Balaban J connectivity index is 0.00000241. The van der Waals surface area contributed by atoms with Gasteiger partial charge in [0.1, 0.15) is 17.4 Å². The maximum Gasteiger partial charge on any atom is 1.00 e. The number of benzene rings is 2. The van der Waals surface area contributed by atoms with Gasteiger partial charge in [-0.3, -0.25) is 4.79 Å². The maximum atomic E-state index is 14.8. The van der Waals surface area contributed by atoms with Crippen LogP contribution in [0.3, 0.4) is 0 Å². The van der Waals surface area contributed by atoms with Gasteiger partial charge in [-0.15, -0.1) is 0 Å². The van der Waals surface area contributed by atoms with Crippen LogP contribution in [0.25, 0.3) is 22.3 Å². The Hall–Kier alpha value is -1.71. The molecule has 37 heavy (non-hydrogen) atoms. The molecule has 1 aliphatic heterocycles. The average Bonchev–Trinajstić information content (AvgIpc) is 3.36. The van der Waals surface area contributed by atoms with Crippen molar-refractivity contribution in [2.75, 3.05) is 37.0 Å². The zero-order chi connectivity index (χ0) is 25.1. The fourth-order valence-electron chi connectivity index (χ4n) is 4.12. The predicted molar refractivity (Wildman–Crippen MR) is 144 cm³/mol. The Kier molecular flexibility index (Phi) is 11.8. The monoisotopic (exact) mass is 640 g/mol. The molecule has 0 atom stereocenters. The maximum absolute atomic E-state index is 14.8. The first-order valence-corrected chi connectivity index (χ1v) is 11.6. The summed E-state index contributed by atoms with van der Waals surface area (Å²) in [6.07, 6.45) is 2.79. The van der Waals surface area contributed by atoms with Crippen LogP contribution in [0.2, 0.25) is 5.02 Å². The summed E-state index contributed by atoms with van der Waals surface area (Å²) >= 11 is 6.46. The number of phenols is 1. The molecule has 1 amide bonds. The zero-order valence-corrected chi connectivity index (χ0v) is 28.9. The van der Waals surface area contributed by atoms with E-state index in [9.17, 15) is 14.3 Å². The van der Waals surface area contributed by atoms with Gasteiger partial charge in [0.05, 0.1) is 10.7 Å². The van der Waals surface area contributed by atoms with Crippen molar-refractivity contribution in [2.24, 2.45) is 0 Å². The summed E-state index contributed by atoms with van der Waals surface area (Å²) in [6, 6.07) is 16.6. The van der Waals surface area contributed by atoms with Crippen LogP contribution in [0.15, 0.2) is 42.5 Å². The van der Waals surface area contributed by atoms with Crippen molar-refractivity contribution in [3.63, 3.8) is 0 Å². The molecule has 9 heteroatoms. The molecular formula is C28H29ClCsFN4O2. The van der Waals surface area contributed by atoms with Crippen LogP contribution in [-0.4, -0.2) is 48.6 Å². The van der Waals surface area contributed by atoms with Crippen molar-refractivity contribution >= 4 is 29.5 Å². The molecule has 4 rings (SSSR count). The number of aromatic hydroxyl groups is 1. The smallest absolute Gasteiger partial charge is 0.507 e. The number of aromatic nitrogens is 1. The minimum absolute atomic E-state index is 0. The average molecular weight is 641 g/mol. The molecule has 0 unspecified atom stereocenters. The fraction of sp³-hybridized carbons (Fsp3) is 0.250. The molecule has 188 valence electrons. The first-order chi connectivity index (χ1) is 16.8. The van der Waals surface area contributed by atoms with Gasteiger partial charge in [-0.1, -0.05) is 17.7 Å². The zero-order valence-electron chi connectivity index (χ0n) is 21.8. The van der Waals surface area contributed by atoms with Crippen LogP contribution in [0.4, 0.5) is 15.9 Å². The van der Waals surface area contributed by atoms with E-state index >= 15 is 0 Å². The van der Waals surface area contributed by atoms with Gasteiger partial charge in [-0.25, -0.2) is 14.3 Å². The van der Waals surface area contributed by atoms with Crippen LogP contribution in [-0.2, 0) is 4.79 Å². The molecule has 2 aromatic carbocycles. The number of aryl methyl sites for hydroxylation is 1. The largest absolute Gasteiger partial charge is 1.00 e. The number of rotatable bonds is 5. The van der Waals surface area contributed by atoms with Gasteiger partial charge in [-0.05, 0) is 67.3 Å². The van der Waals surface area contributed by atoms with E-state index in [-0.39, 0.29) is 87.1 Å². The Morgan fingerprint density at radius 3 is 2.30 bits per heavy atom. The van der Waals surface area contributed by atoms with E-state index in [0.717, 1.165) is 37.4 Å². The summed E-state index contributed by atoms with van der Waals surface area (Å²) in [7, 11) is 3.51. The number of hydrogen-bond donors (Lipinski definition) is 1. The van der Waals surface area contributed by atoms with Crippen LogP contribution in [0.5, 0.6) is 5.75 Å². The quantitative estimate of drug-likeness (QED) is 0.201. The summed E-state index contributed by atoms with van der Waals surface area (Å²) in [5.74, 6) is 0.271. The van der Waals surface area contributed by atoms with E-state index < -0.39 is 5.82 Å². The molecule has 0 saturated carbocycles. The minimum atomic E-state index is -0.489. The topological polar surface area (TPSA) is 59.9 Å².